The van der Waals surface area contributed by atoms with E-state index >= 15 is 0 Å². The number of nitrogens with one attached hydrogen (secondary N) is 1. The molecule has 0 saturated carbocycles. The van der Waals surface area contributed by atoms with E-state index in [1.807, 2.05) is 6.92 Å². The van der Waals surface area contributed by atoms with Crippen molar-refractivity contribution in [1.29, 1.82) is 0 Å². The number of anilines is 1. The van der Waals surface area contributed by atoms with Crippen molar-refractivity contribution < 1.29 is 13.2 Å². The monoisotopic (exact) mass is 393 g/mol. The molecule has 6 nitrogen and oxygen atoms in total. The molecule has 1 N–H and O–H groups in total. The summed E-state index contributed by atoms with van der Waals surface area (Å²) < 4.78 is 26.8. The third-order valence-electron chi connectivity index (χ3n) is 4.30. The molecule has 1 aliphatic rings. The number of aryl methyl sites for hydroxylation is 1. The summed E-state index contributed by atoms with van der Waals surface area (Å²) in [5, 5.41) is 3.22. The van der Waals surface area contributed by atoms with Gasteiger partial charge in [0, 0.05) is 26.2 Å². The van der Waals surface area contributed by atoms with E-state index in [0.717, 1.165) is 5.56 Å². The van der Waals surface area contributed by atoms with Gasteiger partial charge in [-0.05, 0) is 31.2 Å². The van der Waals surface area contributed by atoms with Gasteiger partial charge in [0.1, 0.15) is 0 Å². The number of halogens is 1. The molecule has 0 atom stereocenters. The zero-order chi connectivity index (χ0) is 18.7. The van der Waals surface area contributed by atoms with Crippen LogP contribution in [0.5, 0.6) is 0 Å². The molecule has 2 aromatic carbocycles. The Kier molecular flexibility index (Phi) is 5.50. The van der Waals surface area contributed by atoms with Gasteiger partial charge in [-0.3, -0.25) is 0 Å². The summed E-state index contributed by atoms with van der Waals surface area (Å²) in [4.78, 5) is 14.2. The minimum Gasteiger partial charge on any atom is -0.322 e. The van der Waals surface area contributed by atoms with Crippen LogP contribution in [0.15, 0.2) is 53.4 Å². The van der Waals surface area contributed by atoms with Crippen LogP contribution in [0.2, 0.25) is 5.02 Å². The summed E-state index contributed by atoms with van der Waals surface area (Å²) in [6, 6.07) is 13.5. The predicted octanol–water partition coefficient (Wildman–Crippen LogP) is 3.19. The highest BCUT2D eigenvalue weighted by Crippen LogP contribution is 2.22. The van der Waals surface area contributed by atoms with Gasteiger partial charge < -0.3 is 10.2 Å². The van der Waals surface area contributed by atoms with Crippen molar-refractivity contribution in [3.8, 4) is 0 Å². The molecule has 0 bridgehead atoms. The number of urea groups is 1. The SMILES string of the molecule is Cc1ccc(S(=O)(=O)N2CCN(C(=O)Nc3ccccc3Cl)CC2)cc1. The summed E-state index contributed by atoms with van der Waals surface area (Å²) in [5.41, 5.74) is 1.54. The molecule has 0 aromatic heterocycles. The van der Waals surface area contributed by atoms with Crippen LogP contribution in [0.25, 0.3) is 0 Å². The number of amides is 2. The van der Waals surface area contributed by atoms with Crippen LogP contribution in [-0.2, 0) is 10.0 Å². The molecule has 1 fully saturated rings. The molecule has 0 aliphatic carbocycles. The van der Waals surface area contributed by atoms with Gasteiger partial charge in [0.15, 0.2) is 0 Å². The van der Waals surface area contributed by atoms with Gasteiger partial charge in [0.25, 0.3) is 0 Å². The summed E-state index contributed by atoms with van der Waals surface area (Å²) >= 11 is 6.05. The van der Waals surface area contributed by atoms with E-state index in [-0.39, 0.29) is 24.0 Å². The number of rotatable bonds is 3. The summed E-state index contributed by atoms with van der Waals surface area (Å²) in [6.07, 6.45) is 0. The molecule has 3 rings (SSSR count). The van der Waals surface area contributed by atoms with Crippen molar-refractivity contribution in [1.82, 2.24) is 9.21 Å². The Morgan fingerprint density at radius 3 is 2.23 bits per heavy atom. The third kappa shape index (κ3) is 4.00. The van der Waals surface area contributed by atoms with Crippen molar-refractivity contribution in [3.05, 3.63) is 59.1 Å². The zero-order valence-corrected chi connectivity index (χ0v) is 15.9. The first kappa shape index (κ1) is 18.7. The van der Waals surface area contributed by atoms with E-state index in [9.17, 15) is 13.2 Å². The second kappa shape index (κ2) is 7.65. The fraction of sp³-hybridized carbons (Fsp3) is 0.278. The Morgan fingerprint density at radius 1 is 1.00 bits per heavy atom. The van der Waals surface area contributed by atoms with Gasteiger partial charge in [-0.25, -0.2) is 13.2 Å². The molecule has 1 saturated heterocycles. The maximum absolute atomic E-state index is 12.7. The molecule has 0 radical (unpaired) electrons. The van der Waals surface area contributed by atoms with E-state index in [4.69, 9.17) is 11.6 Å². The van der Waals surface area contributed by atoms with Crippen LogP contribution in [-0.4, -0.2) is 49.8 Å². The van der Waals surface area contributed by atoms with Crippen molar-refractivity contribution in [2.24, 2.45) is 0 Å². The Labute approximate surface area is 158 Å². The Bertz CT molecular complexity index is 892. The molecule has 0 spiro atoms. The van der Waals surface area contributed by atoms with E-state index in [2.05, 4.69) is 5.32 Å². The number of benzene rings is 2. The van der Waals surface area contributed by atoms with Gasteiger partial charge in [-0.2, -0.15) is 4.31 Å². The number of carbonyl (C=O) groups excluding carboxylic acids is 1. The normalized spacial score (nSPS) is 15.7. The van der Waals surface area contributed by atoms with Gasteiger partial charge >= 0.3 is 6.03 Å². The maximum Gasteiger partial charge on any atom is 0.321 e. The van der Waals surface area contributed by atoms with Crippen LogP contribution in [0.3, 0.4) is 0 Å². The van der Waals surface area contributed by atoms with Gasteiger partial charge in [0.2, 0.25) is 10.0 Å². The first-order valence-electron chi connectivity index (χ1n) is 8.25. The lowest BCUT2D eigenvalue weighted by Gasteiger charge is -2.34. The lowest BCUT2D eigenvalue weighted by molar-refractivity contribution is 0.184. The van der Waals surface area contributed by atoms with E-state index in [1.165, 1.54) is 4.31 Å². The molecule has 2 aromatic rings. The summed E-state index contributed by atoms with van der Waals surface area (Å²) in [7, 11) is -3.54. The Hall–Kier alpha value is -2.09. The average Bonchev–Trinajstić information content (AvgIpc) is 2.64. The second-order valence-electron chi connectivity index (χ2n) is 6.11. The number of hydrogen-bond acceptors (Lipinski definition) is 3. The number of carbonyl (C=O) groups is 1. The highest BCUT2D eigenvalue weighted by molar-refractivity contribution is 7.89. The van der Waals surface area contributed by atoms with Gasteiger partial charge in [0.05, 0.1) is 15.6 Å². The molecule has 2 amide bonds. The lowest BCUT2D eigenvalue weighted by atomic mass is 10.2. The standard InChI is InChI=1S/C18H20ClN3O3S/c1-14-6-8-15(9-7-14)26(24,25)22-12-10-21(11-13-22)18(23)20-17-5-3-2-4-16(17)19/h2-9H,10-13H2,1H3,(H,20,23). The molecule has 1 aliphatic heterocycles. The number of nitrogens with zero attached hydrogens (tertiary/aromatic N) is 2. The minimum atomic E-state index is -3.54. The first-order chi connectivity index (χ1) is 12.4. The van der Waals surface area contributed by atoms with E-state index in [0.29, 0.717) is 23.8 Å². The van der Waals surface area contributed by atoms with E-state index < -0.39 is 10.0 Å². The highest BCUT2D eigenvalue weighted by atomic mass is 35.5. The van der Waals surface area contributed by atoms with Crippen molar-refractivity contribution in [2.75, 3.05) is 31.5 Å². The Balaban J connectivity index is 1.62. The quantitative estimate of drug-likeness (QED) is 0.870. The highest BCUT2D eigenvalue weighted by Gasteiger charge is 2.30. The predicted molar refractivity (Wildman–Crippen MR) is 102 cm³/mol. The average molecular weight is 394 g/mol. The molecule has 1 heterocycles. The maximum atomic E-state index is 12.7. The number of sulfonamides is 1. The van der Waals surface area contributed by atoms with Crippen LogP contribution < -0.4 is 5.32 Å². The molecule has 26 heavy (non-hydrogen) atoms. The van der Waals surface area contributed by atoms with Crippen molar-refractivity contribution >= 4 is 33.3 Å². The van der Waals surface area contributed by atoms with Crippen molar-refractivity contribution in [3.63, 3.8) is 0 Å². The summed E-state index contributed by atoms with van der Waals surface area (Å²) in [5.74, 6) is 0. The van der Waals surface area contributed by atoms with Crippen LogP contribution in [0.4, 0.5) is 10.5 Å². The topological polar surface area (TPSA) is 69.7 Å². The third-order valence-corrected chi connectivity index (χ3v) is 6.54. The lowest BCUT2D eigenvalue weighted by Crippen LogP contribution is -2.51. The first-order valence-corrected chi connectivity index (χ1v) is 10.1. The number of piperazine rings is 1. The summed E-state index contributed by atoms with van der Waals surface area (Å²) in [6.45, 7) is 3.06. The van der Waals surface area contributed by atoms with Gasteiger partial charge in [-0.1, -0.05) is 41.4 Å². The number of para-hydroxylation sites is 1. The van der Waals surface area contributed by atoms with E-state index in [1.54, 1.807) is 53.4 Å². The van der Waals surface area contributed by atoms with Crippen LogP contribution >= 0.6 is 11.6 Å². The molecule has 8 heteroatoms. The molecular weight excluding hydrogens is 374 g/mol. The Morgan fingerprint density at radius 2 is 1.62 bits per heavy atom. The van der Waals surface area contributed by atoms with Crippen LogP contribution in [0, 0.1) is 6.92 Å². The fourth-order valence-electron chi connectivity index (χ4n) is 2.75. The molecule has 138 valence electrons. The second-order valence-corrected chi connectivity index (χ2v) is 8.46. The fourth-order valence-corrected chi connectivity index (χ4v) is 4.35. The zero-order valence-electron chi connectivity index (χ0n) is 14.4. The van der Waals surface area contributed by atoms with Gasteiger partial charge in [-0.15, -0.1) is 0 Å². The largest absolute Gasteiger partial charge is 0.322 e. The van der Waals surface area contributed by atoms with Crippen molar-refractivity contribution in [2.45, 2.75) is 11.8 Å². The smallest absolute Gasteiger partial charge is 0.321 e. The molecule has 0 unspecified atom stereocenters. The van der Waals surface area contributed by atoms with Crippen LogP contribution in [0.1, 0.15) is 5.56 Å². The molecular formula is C18H20ClN3O3S. The number of hydrogen-bond donors (Lipinski definition) is 1. The minimum absolute atomic E-state index is 0.256.